The summed E-state index contributed by atoms with van der Waals surface area (Å²) in [4.78, 5) is 21.9. The average molecular weight is 387 g/mol. The van der Waals surface area contributed by atoms with Gasteiger partial charge < -0.3 is 14.2 Å². The number of carbonyl (C=O) groups excluding carboxylic acids is 1. The molecule has 7 heteroatoms. The Balaban J connectivity index is 1.74. The van der Waals surface area contributed by atoms with Gasteiger partial charge in [0.15, 0.2) is 0 Å². The summed E-state index contributed by atoms with van der Waals surface area (Å²) in [7, 11) is 0. The van der Waals surface area contributed by atoms with Crippen LogP contribution >= 0.6 is 0 Å². The molecule has 3 fully saturated rings. The minimum atomic E-state index is -0.442. The van der Waals surface area contributed by atoms with E-state index in [-0.39, 0.29) is 29.1 Å². The van der Waals surface area contributed by atoms with Gasteiger partial charge in [0.2, 0.25) is 11.7 Å². The fraction of sp³-hybridized carbons (Fsp3) is 0.667. The molecule has 152 valence electrons. The number of rotatable bonds is 5. The van der Waals surface area contributed by atoms with Crippen LogP contribution in [0.4, 0.5) is 0 Å². The van der Waals surface area contributed by atoms with Gasteiger partial charge in [-0.2, -0.15) is 4.98 Å². The zero-order valence-corrected chi connectivity index (χ0v) is 17.3. The van der Waals surface area contributed by atoms with Gasteiger partial charge in [-0.25, -0.2) is 9.78 Å². The molecular formula is C21H29N3O4. The molecular weight excluding hydrogens is 358 g/mol. The Kier molecular flexibility index (Phi) is 4.61. The van der Waals surface area contributed by atoms with E-state index in [0.29, 0.717) is 17.9 Å². The van der Waals surface area contributed by atoms with Gasteiger partial charge >= 0.3 is 5.97 Å². The fourth-order valence-electron chi connectivity index (χ4n) is 4.08. The van der Waals surface area contributed by atoms with Crippen molar-refractivity contribution in [2.24, 2.45) is 0 Å². The maximum Gasteiger partial charge on any atom is 0.345 e. The number of hydrogen-bond donors (Lipinski definition) is 0. The Morgan fingerprint density at radius 3 is 2.39 bits per heavy atom. The summed E-state index contributed by atoms with van der Waals surface area (Å²) in [5, 5.41) is 0. The molecule has 0 unspecified atom stereocenters. The molecule has 4 heterocycles. The van der Waals surface area contributed by atoms with Crippen molar-refractivity contribution in [2.45, 2.75) is 83.5 Å². The van der Waals surface area contributed by atoms with Crippen LogP contribution in [-0.4, -0.2) is 44.8 Å². The van der Waals surface area contributed by atoms with E-state index in [9.17, 15) is 4.79 Å². The Morgan fingerprint density at radius 2 is 1.82 bits per heavy atom. The van der Waals surface area contributed by atoms with Crippen molar-refractivity contribution >= 4 is 11.7 Å². The first-order chi connectivity index (χ1) is 13.2. The van der Waals surface area contributed by atoms with Crippen LogP contribution in [0.15, 0.2) is 12.4 Å². The number of hydrogen-bond acceptors (Lipinski definition) is 6. The lowest BCUT2D eigenvalue weighted by molar-refractivity contribution is -0.146. The summed E-state index contributed by atoms with van der Waals surface area (Å²) in [5.74, 6) is 0.349. The smallest absolute Gasteiger partial charge is 0.345 e. The molecule has 2 bridgehead atoms. The van der Waals surface area contributed by atoms with Gasteiger partial charge in [-0.15, -0.1) is 0 Å². The molecule has 2 saturated heterocycles. The molecule has 2 aliphatic heterocycles. The van der Waals surface area contributed by atoms with Crippen molar-refractivity contribution in [3.05, 3.63) is 23.7 Å². The van der Waals surface area contributed by atoms with Crippen molar-refractivity contribution in [3.63, 3.8) is 0 Å². The Morgan fingerprint density at radius 1 is 1.11 bits per heavy atom. The van der Waals surface area contributed by atoms with Gasteiger partial charge in [-0.05, 0) is 60.3 Å². The predicted octanol–water partition coefficient (Wildman–Crippen LogP) is 3.68. The molecule has 0 N–H and O–H groups in total. The molecule has 0 aromatic carbocycles. The van der Waals surface area contributed by atoms with Gasteiger partial charge in [-0.1, -0.05) is 0 Å². The normalized spacial score (nSPS) is 27.0. The summed E-state index contributed by atoms with van der Waals surface area (Å²) >= 11 is 0. The Bertz CT molecular complexity index is 878. The van der Waals surface area contributed by atoms with E-state index in [4.69, 9.17) is 19.2 Å². The lowest BCUT2D eigenvalue weighted by atomic mass is 9.65. The van der Waals surface area contributed by atoms with Crippen molar-refractivity contribution in [2.75, 3.05) is 6.61 Å². The highest BCUT2D eigenvalue weighted by Crippen LogP contribution is 2.49. The van der Waals surface area contributed by atoms with Crippen LogP contribution < -0.4 is 4.74 Å². The topological polar surface area (TPSA) is 75.0 Å². The van der Waals surface area contributed by atoms with E-state index < -0.39 is 5.97 Å². The molecule has 0 atom stereocenters. The van der Waals surface area contributed by atoms with Crippen molar-refractivity contribution < 1.29 is 19.0 Å². The minimum Gasteiger partial charge on any atom is -0.474 e. The lowest BCUT2D eigenvalue weighted by Crippen LogP contribution is -2.51. The van der Waals surface area contributed by atoms with Crippen LogP contribution in [-0.2, 0) is 14.9 Å². The minimum absolute atomic E-state index is 0.0191. The number of carbonyl (C=O) groups is 1. The average Bonchev–Trinajstić information content (AvgIpc) is 3.04. The van der Waals surface area contributed by atoms with Gasteiger partial charge in [0.05, 0.1) is 30.1 Å². The number of esters is 1. The second kappa shape index (κ2) is 6.72. The molecule has 0 spiro atoms. The van der Waals surface area contributed by atoms with Gasteiger partial charge in [-0.3, -0.25) is 4.40 Å². The SMILES string of the molecule is CC(C)OC(=O)c1cn2cc(C34CCC(C)(CC3)OC4)nc2nc1OC(C)C. The van der Waals surface area contributed by atoms with Crippen molar-refractivity contribution in [1.29, 1.82) is 0 Å². The second-order valence-corrected chi connectivity index (χ2v) is 8.93. The monoisotopic (exact) mass is 387 g/mol. The van der Waals surface area contributed by atoms with Gasteiger partial charge in [0.25, 0.3) is 0 Å². The molecule has 2 aromatic heterocycles. The third-order valence-corrected chi connectivity index (χ3v) is 5.83. The number of fused-ring (bicyclic) bond motifs is 4. The largest absolute Gasteiger partial charge is 0.474 e. The third-order valence-electron chi connectivity index (χ3n) is 5.83. The number of aromatic nitrogens is 3. The molecule has 1 saturated carbocycles. The van der Waals surface area contributed by atoms with Crippen LogP contribution in [0.25, 0.3) is 5.78 Å². The zero-order valence-electron chi connectivity index (χ0n) is 17.3. The Hall–Kier alpha value is -2.15. The van der Waals surface area contributed by atoms with Gasteiger partial charge in [0, 0.05) is 17.8 Å². The van der Waals surface area contributed by atoms with Crippen molar-refractivity contribution in [3.8, 4) is 5.88 Å². The van der Waals surface area contributed by atoms with Crippen molar-refractivity contribution in [1.82, 2.24) is 14.4 Å². The second-order valence-electron chi connectivity index (χ2n) is 8.93. The summed E-state index contributed by atoms with van der Waals surface area (Å²) in [6.45, 7) is 10.3. The maximum absolute atomic E-state index is 12.6. The predicted molar refractivity (Wildman–Crippen MR) is 104 cm³/mol. The first kappa shape index (κ1) is 19.2. The molecule has 0 radical (unpaired) electrons. The molecule has 5 rings (SSSR count). The number of nitrogens with zero attached hydrogens (tertiary/aromatic N) is 3. The maximum atomic E-state index is 12.6. The molecule has 7 nitrogen and oxygen atoms in total. The molecule has 2 aromatic rings. The third kappa shape index (κ3) is 3.36. The van der Waals surface area contributed by atoms with Crippen LogP contribution in [0, 0.1) is 0 Å². The first-order valence-electron chi connectivity index (χ1n) is 10.1. The number of imidazole rings is 1. The summed E-state index contributed by atoms with van der Waals surface area (Å²) in [6.07, 6.45) is 7.57. The summed E-state index contributed by atoms with van der Waals surface area (Å²) in [6, 6.07) is 0. The molecule has 0 amide bonds. The lowest BCUT2D eigenvalue weighted by Gasteiger charge is -2.51. The highest BCUT2D eigenvalue weighted by Gasteiger charge is 2.49. The van der Waals surface area contributed by atoms with Crippen LogP contribution in [0.1, 0.15) is 76.4 Å². The zero-order chi connectivity index (χ0) is 20.1. The van der Waals surface area contributed by atoms with E-state index in [0.717, 1.165) is 31.4 Å². The standard InChI is InChI=1S/C21H29N3O4/c1-13(2)27-17-15(18(25)28-14(3)4)10-24-11-16(22-19(24)23-17)21-8-6-20(5,7-9-21)26-12-21/h10-11,13-14H,6-9,12H2,1-5H3. The first-order valence-corrected chi connectivity index (χ1v) is 10.1. The van der Waals surface area contributed by atoms with Crippen LogP contribution in [0.5, 0.6) is 5.88 Å². The molecule has 1 aliphatic carbocycles. The quantitative estimate of drug-likeness (QED) is 0.729. The van der Waals surface area contributed by atoms with Gasteiger partial charge in [0.1, 0.15) is 5.56 Å². The summed E-state index contributed by atoms with van der Waals surface area (Å²) < 4.78 is 19.1. The van der Waals surface area contributed by atoms with Crippen LogP contribution in [0.2, 0.25) is 0 Å². The van der Waals surface area contributed by atoms with E-state index in [1.54, 1.807) is 10.6 Å². The molecule has 28 heavy (non-hydrogen) atoms. The highest BCUT2D eigenvalue weighted by atomic mass is 16.5. The highest BCUT2D eigenvalue weighted by molar-refractivity contribution is 5.92. The molecule has 3 aliphatic rings. The van der Waals surface area contributed by atoms with E-state index >= 15 is 0 Å². The fourth-order valence-corrected chi connectivity index (χ4v) is 4.08. The van der Waals surface area contributed by atoms with E-state index in [1.165, 1.54) is 0 Å². The Labute approximate surface area is 165 Å². The van der Waals surface area contributed by atoms with E-state index in [1.807, 2.05) is 33.9 Å². The summed E-state index contributed by atoms with van der Waals surface area (Å²) in [5.41, 5.74) is 1.24. The van der Waals surface area contributed by atoms with E-state index in [2.05, 4.69) is 11.9 Å². The number of ether oxygens (including phenoxy) is 3. The van der Waals surface area contributed by atoms with Crippen LogP contribution in [0.3, 0.4) is 0 Å².